The number of carbonyl (C=O) groups excluding carboxylic acids is 2. The number of likely N-dealkylation sites (N-methyl/N-ethyl adjacent to an activating group) is 1. The summed E-state index contributed by atoms with van der Waals surface area (Å²) in [5.41, 5.74) is 0.312. The smallest absolute Gasteiger partial charge is 0.338 e. The van der Waals surface area contributed by atoms with Crippen molar-refractivity contribution >= 4 is 21.7 Å². The second-order valence-corrected chi connectivity index (χ2v) is 8.19. The van der Waals surface area contributed by atoms with E-state index in [1.165, 1.54) is 18.9 Å². The first-order valence-electron chi connectivity index (χ1n) is 8.13. The molecule has 2 rings (SSSR count). The predicted molar refractivity (Wildman–Crippen MR) is 92.3 cm³/mol. The number of amides is 1. The molecule has 0 bridgehead atoms. The van der Waals surface area contributed by atoms with Crippen LogP contribution in [-0.2, 0) is 19.4 Å². The van der Waals surface area contributed by atoms with Gasteiger partial charge in [-0.1, -0.05) is 0 Å². The molecule has 7 nitrogen and oxygen atoms in total. The van der Waals surface area contributed by atoms with Gasteiger partial charge in [0.05, 0.1) is 24.2 Å². The molecule has 1 aliphatic rings. The van der Waals surface area contributed by atoms with Crippen molar-refractivity contribution in [3.63, 3.8) is 0 Å². The largest absolute Gasteiger partial charge is 0.497 e. The molecule has 2 atom stereocenters. The zero-order valence-electron chi connectivity index (χ0n) is 14.6. The highest BCUT2D eigenvalue weighted by Crippen LogP contribution is 2.19. The van der Waals surface area contributed by atoms with E-state index in [9.17, 15) is 18.0 Å². The van der Waals surface area contributed by atoms with E-state index < -0.39 is 21.9 Å². The summed E-state index contributed by atoms with van der Waals surface area (Å²) in [6.45, 7) is 3.64. The summed E-state index contributed by atoms with van der Waals surface area (Å²) < 4.78 is 33.5. The normalized spacial score (nSPS) is 19.9. The summed E-state index contributed by atoms with van der Waals surface area (Å²) in [5.74, 6) is -0.335. The Morgan fingerprint density at radius 1 is 1.28 bits per heavy atom. The van der Waals surface area contributed by atoms with Crippen LogP contribution in [0.4, 0.5) is 0 Å². The lowest BCUT2D eigenvalue weighted by Crippen LogP contribution is -2.46. The molecular weight excluding hydrogens is 346 g/mol. The van der Waals surface area contributed by atoms with E-state index in [-0.39, 0.29) is 23.5 Å². The topological polar surface area (TPSA) is 90.0 Å². The standard InChI is InChI=1S/C17H23NO6S/c1-4-18(14-9-10-25(21,22)11-14)16(19)12(2)24-17(20)13-5-7-15(23-3)8-6-13/h5-8,12,14H,4,9-11H2,1-3H3. The summed E-state index contributed by atoms with van der Waals surface area (Å²) in [4.78, 5) is 26.2. The molecule has 0 aromatic heterocycles. The Hall–Kier alpha value is -2.09. The highest BCUT2D eigenvalue weighted by Gasteiger charge is 2.36. The van der Waals surface area contributed by atoms with Crippen molar-refractivity contribution in [1.29, 1.82) is 0 Å². The van der Waals surface area contributed by atoms with Crippen LogP contribution in [0.25, 0.3) is 0 Å². The molecule has 1 saturated heterocycles. The number of nitrogens with zero attached hydrogens (tertiary/aromatic N) is 1. The monoisotopic (exact) mass is 369 g/mol. The van der Waals surface area contributed by atoms with Crippen LogP contribution < -0.4 is 4.74 Å². The number of carbonyl (C=O) groups is 2. The summed E-state index contributed by atoms with van der Waals surface area (Å²) in [6, 6.07) is 6.01. The van der Waals surface area contributed by atoms with Crippen LogP contribution in [0.15, 0.2) is 24.3 Å². The van der Waals surface area contributed by atoms with Crippen molar-refractivity contribution in [3.8, 4) is 5.75 Å². The number of hydrogen-bond donors (Lipinski definition) is 0. The maximum Gasteiger partial charge on any atom is 0.338 e. The van der Waals surface area contributed by atoms with Gasteiger partial charge in [0.15, 0.2) is 15.9 Å². The maximum absolute atomic E-state index is 12.6. The zero-order valence-corrected chi connectivity index (χ0v) is 15.4. The SMILES string of the molecule is CCN(C(=O)C(C)OC(=O)c1ccc(OC)cc1)C1CCS(=O)(=O)C1. The van der Waals surface area contributed by atoms with Gasteiger partial charge >= 0.3 is 5.97 Å². The first-order valence-corrected chi connectivity index (χ1v) is 9.95. The van der Waals surface area contributed by atoms with Crippen molar-refractivity contribution in [2.24, 2.45) is 0 Å². The number of hydrogen-bond acceptors (Lipinski definition) is 6. The van der Waals surface area contributed by atoms with Crippen LogP contribution in [0.2, 0.25) is 0 Å². The van der Waals surface area contributed by atoms with E-state index >= 15 is 0 Å². The van der Waals surface area contributed by atoms with E-state index in [2.05, 4.69) is 0 Å². The summed E-state index contributed by atoms with van der Waals surface area (Å²) in [5, 5.41) is 0. The molecule has 1 aromatic carbocycles. The van der Waals surface area contributed by atoms with E-state index in [0.717, 1.165) is 0 Å². The van der Waals surface area contributed by atoms with Gasteiger partial charge in [0.2, 0.25) is 0 Å². The van der Waals surface area contributed by atoms with Crippen molar-refractivity contribution in [2.75, 3.05) is 25.2 Å². The Kier molecular flexibility index (Phi) is 6.05. The highest BCUT2D eigenvalue weighted by atomic mass is 32.2. The van der Waals surface area contributed by atoms with Gasteiger partial charge in [-0.05, 0) is 44.5 Å². The van der Waals surface area contributed by atoms with E-state index in [1.807, 2.05) is 0 Å². The van der Waals surface area contributed by atoms with Gasteiger partial charge in [-0.3, -0.25) is 4.79 Å². The fourth-order valence-electron chi connectivity index (χ4n) is 2.85. The molecule has 0 spiro atoms. The second-order valence-electron chi connectivity index (χ2n) is 5.96. The molecule has 138 valence electrons. The van der Waals surface area contributed by atoms with Crippen LogP contribution >= 0.6 is 0 Å². The average molecular weight is 369 g/mol. The van der Waals surface area contributed by atoms with Gasteiger partial charge in [0, 0.05) is 12.6 Å². The van der Waals surface area contributed by atoms with Crippen molar-refractivity contribution < 1.29 is 27.5 Å². The molecule has 1 aromatic rings. The summed E-state index contributed by atoms with van der Waals surface area (Å²) >= 11 is 0. The zero-order chi connectivity index (χ0) is 18.6. The Bertz CT molecular complexity index is 728. The number of methoxy groups -OCH3 is 1. The third kappa shape index (κ3) is 4.72. The van der Waals surface area contributed by atoms with Gasteiger partial charge in [0.1, 0.15) is 5.75 Å². The summed E-state index contributed by atoms with van der Waals surface area (Å²) in [6.07, 6.45) is -0.570. The van der Waals surface area contributed by atoms with Gasteiger partial charge in [0.25, 0.3) is 5.91 Å². The first-order chi connectivity index (χ1) is 11.8. The third-order valence-electron chi connectivity index (χ3n) is 4.23. The third-order valence-corrected chi connectivity index (χ3v) is 5.98. The number of ether oxygens (including phenoxy) is 2. The molecule has 1 heterocycles. The van der Waals surface area contributed by atoms with E-state index in [0.29, 0.717) is 24.3 Å². The fraction of sp³-hybridized carbons (Fsp3) is 0.529. The molecule has 25 heavy (non-hydrogen) atoms. The van der Waals surface area contributed by atoms with Gasteiger partial charge < -0.3 is 14.4 Å². The molecule has 2 unspecified atom stereocenters. The van der Waals surface area contributed by atoms with Crippen LogP contribution in [0.3, 0.4) is 0 Å². The lowest BCUT2D eigenvalue weighted by molar-refractivity contribution is -0.141. The molecular formula is C17H23NO6S. The molecule has 1 fully saturated rings. The van der Waals surface area contributed by atoms with Crippen LogP contribution in [0.1, 0.15) is 30.6 Å². The van der Waals surface area contributed by atoms with E-state index in [4.69, 9.17) is 9.47 Å². The predicted octanol–water partition coefficient (Wildman–Crippen LogP) is 1.28. The number of esters is 1. The second kappa shape index (κ2) is 7.86. The van der Waals surface area contributed by atoms with Crippen molar-refractivity contribution in [1.82, 2.24) is 4.90 Å². The summed E-state index contributed by atoms with van der Waals surface area (Å²) in [7, 11) is -1.57. The number of rotatable bonds is 6. The molecule has 1 aliphatic heterocycles. The first kappa shape index (κ1) is 19.2. The van der Waals surface area contributed by atoms with Crippen LogP contribution in [-0.4, -0.2) is 62.5 Å². The lowest BCUT2D eigenvalue weighted by atomic mass is 10.2. The van der Waals surface area contributed by atoms with Crippen molar-refractivity contribution in [2.45, 2.75) is 32.4 Å². The number of sulfone groups is 1. The van der Waals surface area contributed by atoms with Crippen molar-refractivity contribution in [3.05, 3.63) is 29.8 Å². The lowest BCUT2D eigenvalue weighted by Gasteiger charge is -2.29. The molecule has 8 heteroatoms. The minimum absolute atomic E-state index is 0.0360. The molecule has 0 aliphatic carbocycles. The van der Waals surface area contributed by atoms with Crippen LogP contribution in [0, 0.1) is 0 Å². The number of benzene rings is 1. The maximum atomic E-state index is 12.6. The van der Waals surface area contributed by atoms with Gasteiger partial charge in [-0.25, -0.2) is 13.2 Å². The highest BCUT2D eigenvalue weighted by molar-refractivity contribution is 7.91. The Labute approximate surface area is 147 Å². The molecule has 0 radical (unpaired) electrons. The minimum Gasteiger partial charge on any atom is -0.497 e. The Morgan fingerprint density at radius 2 is 1.92 bits per heavy atom. The van der Waals surface area contributed by atoms with Crippen LogP contribution in [0.5, 0.6) is 5.75 Å². The van der Waals surface area contributed by atoms with E-state index in [1.54, 1.807) is 31.2 Å². The Balaban J connectivity index is 2.01. The average Bonchev–Trinajstić information content (AvgIpc) is 2.95. The molecule has 0 saturated carbocycles. The quantitative estimate of drug-likeness (QED) is 0.702. The minimum atomic E-state index is -3.10. The molecule has 0 N–H and O–H groups in total. The van der Waals surface area contributed by atoms with Gasteiger partial charge in [-0.2, -0.15) is 0 Å². The molecule has 1 amide bonds. The van der Waals surface area contributed by atoms with Gasteiger partial charge in [-0.15, -0.1) is 0 Å². The fourth-order valence-corrected chi connectivity index (χ4v) is 4.59. The Morgan fingerprint density at radius 3 is 2.40 bits per heavy atom.